The molecule has 3 rings (SSSR count). The van der Waals surface area contributed by atoms with E-state index in [1.165, 1.54) is 16.2 Å². The molecule has 122 valence electrons. The Morgan fingerprint density at radius 3 is 2.87 bits per heavy atom. The van der Waals surface area contributed by atoms with Crippen molar-refractivity contribution in [2.45, 2.75) is 26.3 Å². The molecule has 0 unspecified atom stereocenters. The van der Waals surface area contributed by atoms with Crippen molar-refractivity contribution in [2.24, 2.45) is 10.3 Å². The minimum Gasteiger partial charge on any atom is -0.362 e. The normalized spacial score (nSPS) is 17.5. The fourth-order valence-electron chi connectivity index (χ4n) is 2.10. The van der Waals surface area contributed by atoms with Crippen LogP contribution in [-0.4, -0.2) is 46.1 Å². The van der Waals surface area contributed by atoms with Crippen LogP contribution in [0.2, 0.25) is 0 Å². The lowest BCUT2D eigenvalue weighted by Crippen LogP contribution is -2.40. The molecule has 0 saturated carbocycles. The molecule has 2 N–H and O–H groups in total. The standard InChI is InChI=1S/C13H17N7O2S/c1-13(2,3)16-10(21)7-5-23-11(15-7)8-9-17-18-19(4)12(22)20(9)6-14-8/h5,14H,6H2,1-4H3,(H,16,21). The highest BCUT2D eigenvalue weighted by Crippen LogP contribution is 2.30. The van der Waals surface area contributed by atoms with E-state index in [0.717, 1.165) is 5.01 Å². The van der Waals surface area contributed by atoms with Gasteiger partial charge in [0, 0.05) is 18.0 Å². The molecule has 1 aromatic heterocycles. The van der Waals surface area contributed by atoms with Crippen molar-refractivity contribution in [2.75, 3.05) is 13.7 Å². The molecule has 3 heterocycles. The Morgan fingerprint density at radius 1 is 1.43 bits per heavy atom. The number of nitrogens with zero attached hydrogens (tertiary/aromatic N) is 5. The van der Waals surface area contributed by atoms with Crippen LogP contribution in [0.25, 0.3) is 5.70 Å². The van der Waals surface area contributed by atoms with Crippen LogP contribution in [0.15, 0.2) is 21.5 Å². The van der Waals surface area contributed by atoms with Crippen LogP contribution in [0.3, 0.4) is 0 Å². The Balaban J connectivity index is 1.88. The van der Waals surface area contributed by atoms with Crippen LogP contribution in [0.1, 0.15) is 36.3 Å². The van der Waals surface area contributed by atoms with Crippen LogP contribution in [0, 0.1) is 0 Å². The van der Waals surface area contributed by atoms with Crippen LogP contribution in [0.5, 0.6) is 0 Å². The molecule has 10 heteroatoms. The average Bonchev–Trinajstić information content (AvgIpc) is 3.07. The summed E-state index contributed by atoms with van der Waals surface area (Å²) >= 11 is 1.31. The molecule has 3 amide bonds. The first-order chi connectivity index (χ1) is 10.8. The SMILES string of the molecule is CN1N=NC2=C(c3nc(C(=O)NC(C)(C)C)cs3)NCN2C1=O. The monoisotopic (exact) mass is 335 g/mol. The number of hydrogen-bond donors (Lipinski definition) is 2. The molecular formula is C13H17N7O2S. The highest BCUT2D eigenvalue weighted by molar-refractivity contribution is 7.11. The van der Waals surface area contributed by atoms with Gasteiger partial charge in [0.25, 0.3) is 5.91 Å². The quantitative estimate of drug-likeness (QED) is 0.856. The summed E-state index contributed by atoms with van der Waals surface area (Å²) in [5, 5.41) is 17.2. The molecule has 9 nitrogen and oxygen atoms in total. The van der Waals surface area contributed by atoms with Crippen molar-refractivity contribution in [1.29, 1.82) is 0 Å². The summed E-state index contributed by atoms with van der Waals surface area (Å²) in [5.41, 5.74) is 0.610. The second-order valence-electron chi connectivity index (χ2n) is 6.20. The fourth-order valence-corrected chi connectivity index (χ4v) is 2.92. The van der Waals surface area contributed by atoms with Crippen LogP contribution in [-0.2, 0) is 0 Å². The average molecular weight is 335 g/mol. The smallest absolute Gasteiger partial charge is 0.348 e. The van der Waals surface area contributed by atoms with Gasteiger partial charge < -0.3 is 10.6 Å². The highest BCUT2D eigenvalue weighted by Gasteiger charge is 2.35. The van der Waals surface area contributed by atoms with Crippen LogP contribution >= 0.6 is 11.3 Å². The lowest BCUT2D eigenvalue weighted by molar-refractivity contribution is 0.0915. The number of aromatic nitrogens is 1. The second-order valence-corrected chi connectivity index (χ2v) is 7.06. The lowest BCUT2D eigenvalue weighted by Gasteiger charge is -2.23. The third-order valence-electron chi connectivity index (χ3n) is 3.11. The van der Waals surface area contributed by atoms with Gasteiger partial charge in [-0.3, -0.25) is 9.69 Å². The fraction of sp³-hybridized carbons (Fsp3) is 0.462. The number of carbonyl (C=O) groups excluding carboxylic acids is 2. The summed E-state index contributed by atoms with van der Waals surface area (Å²) in [7, 11) is 1.54. The highest BCUT2D eigenvalue weighted by atomic mass is 32.1. The van der Waals surface area contributed by atoms with Crippen molar-refractivity contribution >= 4 is 29.0 Å². The summed E-state index contributed by atoms with van der Waals surface area (Å²) in [4.78, 5) is 30.0. The van der Waals surface area contributed by atoms with Gasteiger partial charge in [-0.1, -0.05) is 5.22 Å². The lowest BCUT2D eigenvalue weighted by atomic mass is 10.1. The van der Waals surface area contributed by atoms with Gasteiger partial charge in [-0.15, -0.1) is 16.5 Å². The molecule has 2 aliphatic heterocycles. The van der Waals surface area contributed by atoms with E-state index >= 15 is 0 Å². The number of nitrogens with one attached hydrogen (secondary N) is 2. The molecule has 0 fully saturated rings. The van der Waals surface area contributed by atoms with E-state index in [0.29, 0.717) is 28.9 Å². The summed E-state index contributed by atoms with van der Waals surface area (Å²) in [6.07, 6.45) is 0. The van der Waals surface area contributed by atoms with Gasteiger partial charge in [-0.05, 0) is 20.8 Å². The Kier molecular flexibility index (Phi) is 3.55. The third kappa shape index (κ3) is 2.89. The topological polar surface area (TPSA) is 102 Å². The second kappa shape index (κ2) is 5.30. The van der Waals surface area contributed by atoms with Crippen molar-refractivity contribution in [3.05, 3.63) is 21.9 Å². The van der Waals surface area contributed by atoms with E-state index in [1.807, 2.05) is 20.8 Å². The van der Waals surface area contributed by atoms with Gasteiger partial charge in [0.1, 0.15) is 16.4 Å². The predicted octanol–water partition coefficient (Wildman–Crippen LogP) is 1.59. The minimum absolute atomic E-state index is 0.235. The zero-order valence-electron chi connectivity index (χ0n) is 13.2. The van der Waals surface area contributed by atoms with Crippen LogP contribution in [0.4, 0.5) is 4.79 Å². The predicted molar refractivity (Wildman–Crippen MR) is 84.1 cm³/mol. The first kappa shape index (κ1) is 15.4. The Labute approximate surface area is 137 Å². The molecule has 0 spiro atoms. The Morgan fingerprint density at radius 2 is 2.17 bits per heavy atom. The van der Waals surface area contributed by atoms with Gasteiger partial charge in [0.2, 0.25) is 0 Å². The zero-order chi connectivity index (χ0) is 16.8. The van der Waals surface area contributed by atoms with Gasteiger partial charge >= 0.3 is 6.03 Å². The number of fused-ring (bicyclic) bond motifs is 1. The number of hydrogen-bond acceptors (Lipinski definition) is 7. The van der Waals surface area contributed by atoms with Crippen molar-refractivity contribution in [1.82, 2.24) is 25.5 Å². The van der Waals surface area contributed by atoms with E-state index in [2.05, 4.69) is 26.0 Å². The van der Waals surface area contributed by atoms with E-state index in [1.54, 1.807) is 12.4 Å². The van der Waals surface area contributed by atoms with E-state index in [4.69, 9.17) is 0 Å². The summed E-state index contributed by atoms with van der Waals surface area (Å²) in [6, 6.07) is -0.264. The molecule has 0 aliphatic carbocycles. The molecule has 2 aliphatic rings. The summed E-state index contributed by atoms with van der Waals surface area (Å²) < 4.78 is 0. The maximum atomic E-state index is 12.1. The largest absolute Gasteiger partial charge is 0.362 e. The third-order valence-corrected chi connectivity index (χ3v) is 3.97. The van der Waals surface area contributed by atoms with Gasteiger partial charge in [-0.2, -0.15) is 5.01 Å². The summed E-state index contributed by atoms with van der Waals surface area (Å²) in [6.45, 7) is 6.02. The first-order valence-electron chi connectivity index (χ1n) is 7.00. The molecule has 1 aromatic rings. The number of carbonyl (C=O) groups is 2. The number of thiazole rings is 1. The van der Waals surface area contributed by atoms with Gasteiger partial charge in [-0.25, -0.2) is 9.78 Å². The summed E-state index contributed by atoms with van der Waals surface area (Å²) in [5.74, 6) is 0.187. The number of amides is 3. The van der Waals surface area contributed by atoms with Gasteiger partial charge in [0.05, 0.1) is 6.67 Å². The zero-order valence-corrected chi connectivity index (χ0v) is 14.1. The van der Waals surface area contributed by atoms with E-state index in [-0.39, 0.29) is 17.5 Å². The number of urea groups is 1. The van der Waals surface area contributed by atoms with Crippen LogP contribution < -0.4 is 10.6 Å². The van der Waals surface area contributed by atoms with Crippen molar-refractivity contribution in [3.8, 4) is 0 Å². The molecule has 0 saturated heterocycles. The van der Waals surface area contributed by atoms with E-state index in [9.17, 15) is 9.59 Å². The minimum atomic E-state index is -0.334. The van der Waals surface area contributed by atoms with E-state index < -0.39 is 0 Å². The molecule has 0 aromatic carbocycles. The van der Waals surface area contributed by atoms with Crippen molar-refractivity contribution < 1.29 is 9.59 Å². The Bertz CT molecular complexity index is 731. The number of rotatable bonds is 2. The first-order valence-corrected chi connectivity index (χ1v) is 7.88. The molecule has 0 bridgehead atoms. The molecule has 23 heavy (non-hydrogen) atoms. The van der Waals surface area contributed by atoms with Gasteiger partial charge in [0.15, 0.2) is 5.82 Å². The molecular weight excluding hydrogens is 318 g/mol. The Hall–Kier alpha value is -2.49. The maximum Gasteiger partial charge on any atom is 0.348 e. The van der Waals surface area contributed by atoms with Crippen molar-refractivity contribution in [3.63, 3.8) is 0 Å². The molecule has 0 radical (unpaired) electrons. The maximum absolute atomic E-state index is 12.1. The molecule has 0 atom stereocenters.